The second kappa shape index (κ2) is 6.37. The Labute approximate surface area is 137 Å². The number of alkyl halides is 3. The molecule has 128 valence electrons. The molecule has 0 spiro atoms. The van der Waals surface area contributed by atoms with Gasteiger partial charge in [-0.2, -0.15) is 13.2 Å². The molecule has 1 aliphatic rings. The van der Waals surface area contributed by atoms with Crippen LogP contribution in [0.15, 0.2) is 36.5 Å². The molecule has 1 aliphatic heterocycles. The molecule has 5 nitrogen and oxygen atoms in total. The molecule has 24 heavy (non-hydrogen) atoms. The van der Waals surface area contributed by atoms with Gasteiger partial charge in [-0.15, -0.1) is 0 Å². The molecular weight excluding hydrogens is 321 g/mol. The van der Waals surface area contributed by atoms with Crippen molar-refractivity contribution in [2.75, 3.05) is 12.3 Å². The lowest BCUT2D eigenvalue weighted by molar-refractivity contribution is -0.138. The maximum Gasteiger partial charge on any atom is 0.416 e. The zero-order valence-corrected chi connectivity index (χ0v) is 12.7. The maximum absolute atomic E-state index is 13.3. The van der Waals surface area contributed by atoms with E-state index in [1.807, 2.05) is 0 Å². The first-order valence-corrected chi connectivity index (χ1v) is 7.50. The summed E-state index contributed by atoms with van der Waals surface area (Å²) in [7, 11) is 0. The number of aliphatic hydroxyl groups excluding tert-OH is 1. The third-order valence-corrected chi connectivity index (χ3v) is 4.08. The van der Waals surface area contributed by atoms with Crippen LogP contribution in [0.2, 0.25) is 0 Å². The zero-order chi connectivity index (χ0) is 17.3. The Bertz CT molecular complexity index is 722. The molecule has 1 fully saturated rings. The fraction of sp³-hybridized carbons (Fsp3) is 0.375. The number of nitrogens with zero attached hydrogens (tertiary/aromatic N) is 3. The highest BCUT2D eigenvalue weighted by Crippen LogP contribution is 2.40. The first-order valence-electron chi connectivity index (χ1n) is 7.50. The van der Waals surface area contributed by atoms with Gasteiger partial charge >= 0.3 is 6.18 Å². The molecule has 8 heteroatoms. The minimum atomic E-state index is -4.44. The van der Waals surface area contributed by atoms with E-state index in [0.717, 1.165) is 6.07 Å². The second-order valence-corrected chi connectivity index (χ2v) is 5.82. The molecule has 2 atom stereocenters. The predicted octanol–water partition coefficient (Wildman–Crippen LogP) is 2.39. The average Bonchev–Trinajstić information content (AvgIpc) is 2.87. The zero-order valence-electron chi connectivity index (χ0n) is 12.7. The van der Waals surface area contributed by atoms with Gasteiger partial charge in [0.05, 0.1) is 18.2 Å². The van der Waals surface area contributed by atoms with Gasteiger partial charge < -0.3 is 10.8 Å². The van der Waals surface area contributed by atoms with Gasteiger partial charge in [-0.1, -0.05) is 18.2 Å². The number of likely N-dealkylation sites (tertiary alicyclic amines) is 1. The number of β-amino-alcohol motifs (C(OH)–C–C–N with tert-alkyl or cyclic N) is 1. The highest BCUT2D eigenvalue weighted by Gasteiger charge is 2.39. The standard InChI is InChI=1S/C16H17F3N4O/c17-16(18,19)12-4-2-1-3-11(12)13-7-10(24)8-23(13)9-15-21-6-5-14(20)22-15/h1-6,10,13,24H,7-9H2,(H2,20,21,22)/t10-,13-/m0/s1. The number of aliphatic hydroxyl groups is 1. The molecule has 0 amide bonds. The molecule has 1 saturated heterocycles. The highest BCUT2D eigenvalue weighted by molar-refractivity contribution is 5.33. The normalized spacial score (nSPS) is 22.0. The van der Waals surface area contributed by atoms with Crippen LogP contribution >= 0.6 is 0 Å². The maximum atomic E-state index is 13.3. The molecule has 3 N–H and O–H groups in total. The summed E-state index contributed by atoms with van der Waals surface area (Å²) in [6.45, 7) is 0.480. The lowest BCUT2D eigenvalue weighted by Gasteiger charge is -2.26. The third-order valence-electron chi connectivity index (χ3n) is 4.08. The van der Waals surface area contributed by atoms with Crippen LogP contribution in [0.5, 0.6) is 0 Å². The van der Waals surface area contributed by atoms with E-state index in [1.54, 1.807) is 17.0 Å². The largest absolute Gasteiger partial charge is 0.416 e. The number of aromatic nitrogens is 2. The molecule has 0 unspecified atom stereocenters. The minimum Gasteiger partial charge on any atom is -0.392 e. The fourth-order valence-corrected chi connectivity index (χ4v) is 3.10. The number of hydrogen-bond donors (Lipinski definition) is 2. The SMILES string of the molecule is Nc1ccnc(CN2C[C@@H](O)C[C@H]2c2ccccc2C(F)(F)F)n1. The van der Waals surface area contributed by atoms with Gasteiger partial charge in [0.25, 0.3) is 0 Å². The van der Waals surface area contributed by atoms with Crippen LogP contribution in [-0.2, 0) is 12.7 Å². The number of anilines is 1. The van der Waals surface area contributed by atoms with Crippen molar-refractivity contribution in [1.29, 1.82) is 0 Å². The number of halogens is 3. The summed E-state index contributed by atoms with van der Waals surface area (Å²) in [5.41, 5.74) is 5.10. The summed E-state index contributed by atoms with van der Waals surface area (Å²) in [4.78, 5) is 9.93. The first kappa shape index (κ1) is 16.7. The van der Waals surface area contributed by atoms with Gasteiger partial charge in [-0.25, -0.2) is 9.97 Å². The van der Waals surface area contributed by atoms with E-state index in [1.165, 1.54) is 18.3 Å². The molecular formula is C16H17F3N4O. The fourth-order valence-electron chi connectivity index (χ4n) is 3.10. The van der Waals surface area contributed by atoms with E-state index in [9.17, 15) is 18.3 Å². The Balaban J connectivity index is 1.92. The lowest BCUT2D eigenvalue weighted by Crippen LogP contribution is -2.27. The van der Waals surface area contributed by atoms with Crippen molar-refractivity contribution < 1.29 is 18.3 Å². The van der Waals surface area contributed by atoms with Crippen molar-refractivity contribution in [3.8, 4) is 0 Å². The van der Waals surface area contributed by atoms with E-state index < -0.39 is 23.9 Å². The van der Waals surface area contributed by atoms with Gasteiger partial charge in [-0.05, 0) is 24.1 Å². The van der Waals surface area contributed by atoms with E-state index in [0.29, 0.717) is 11.6 Å². The van der Waals surface area contributed by atoms with Gasteiger partial charge in [0, 0.05) is 18.8 Å². The van der Waals surface area contributed by atoms with Crippen LogP contribution < -0.4 is 5.73 Å². The van der Waals surface area contributed by atoms with Crippen molar-refractivity contribution in [2.24, 2.45) is 0 Å². The van der Waals surface area contributed by atoms with E-state index in [2.05, 4.69) is 9.97 Å². The van der Waals surface area contributed by atoms with E-state index >= 15 is 0 Å². The quantitative estimate of drug-likeness (QED) is 0.899. The van der Waals surface area contributed by atoms with Gasteiger partial charge in [0.15, 0.2) is 0 Å². The molecule has 0 radical (unpaired) electrons. The summed E-state index contributed by atoms with van der Waals surface area (Å²) in [5.74, 6) is 0.713. The van der Waals surface area contributed by atoms with Crippen molar-refractivity contribution >= 4 is 5.82 Å². The highest BCUT2D eigenvalue weighted by atomic mass is 19.4. The Kier molecular flexibility index (Phi) is 4.42. The Morgan fingerprint density at radius 3 is 2.71 bits per heavy atom. The van der Waals surface area contributed by atoms with E-state index in [4.69, 9.17) is 5.73 Å². The van der Waals surface area contributed by atoms with E-state index in [-0.39, 0.29) is 25.1 Å². The third kappa shape index (κ3) is 3.49. The predicted molar refractivity (Wildman–Crippen MR) is 81.7 cm³/mol. The number of rotatable bonds is 3. The van der Waals surface area contributed by atoms with Crippen LogP contribution in [0.25, 0.3) is 0 Å². The number of nitrogens with two attached hydrogens (primary N) is 1. The van der Waals surface area contributed by atoms with Crippen molar-refractivity contribution in [2.45, 2.75) is 31.3 Å². The molecule has 3 rings (SSSR count). The van der Waals surface area contributed by atoms with Crippen LogP contribution in [0.3, 0.4) is 0 Å². The van der Waals surface area contributed by atoms with Crippen LogP contribution in [-0.4, -0.2) is 32.6 Å². The monoisotopic (exact) mass is 338 g/mol. The lowest BCUT2D eigenvalue weighted by atomic mass is 9.97. The Morgan fingerprint density at radius 2 is 2.00 bits per heavy atom. The first-order chi connectivity index (χ1) is 11.3. The summed E-state index contributed by atoms with van der Waals surface area (Å²) in [5, 5.41) is 9.97. The molecule has 0 aliphatic carbocycles. The second-order valence-electron chi connectivity index (χ2n) is 5.82. The number of nitrogen functional groups attached to an aromatic ring is 1. The Hall–Kier alpha value is -2.19. The topological polar surface area (TPSA) is 75.3 Å². The summed E-state index contributed by atoms with van der Waals surface area (Å²) >= 11 is 0. The van der Waals surface area contributed by atoms with Crippen LogP contribution in [0.1, 0.15) is 29.4 Å². The molecule has 2 heterocycles. The summed E-state index contributed by atoms with van der Waals surface area (Å²) in [6, 6.07) is 6.45. The minimum absolute atomic E-state index is 0.158. The Morgan fingerprint density at radius 1 is 1.25 bits per heavy atom. The van der Waals surface area contributed by atoms with Crippen LogP contribution in [0, 0.1) is 0 Å². The molecule has 0 bridgehead atoms. The molecule has 0 saturated carbocycles. The van der Waals surface area contributed by atoms with Gasteiger partial charge in [0.1, 0.15) is 11.6 Å². The van der Waals surface area contributed by atoms with Crippen molar-refractivity contribution in [1.82, 2.24) is 14.9 Å². The van der Waals surface area contributed by atoms with Crippen molar-refractivity contribution in [3.63, 3.8) is 0 Å². The smallest absolute Gasteiger partial charge is 0.392 e. The van der Waals surface area contributed by atoms with Crippen molar-refractivity contribution in [3.05, 3.63) is 53.5 Å². The van der Waals surface area contributed by atoms with Crippen LogP contribution in [0.4, 0.5) is 19.0 Å². The molecule has 1 aromatic heterocycles. The average molecular weight is 338 g/mol. The number of hydrogen-bond acceptors (Lipinski definition) is 5. The van der Waals surface area contributed by atoms with Gasteiger partial charge in [-0.3, -0.25) is 4.90 Å². The van der Waals surface area contributed by atoms with Gasteiger partial charge in [0.2, 0.25) is 0 Å². The summed E-state index contributed by atoms with van der Waals surface area (Å²) < 4.78 is 39.9. The number of benzene rings is 1. The molecule has 2 aromatic rings. The molecule has 1 aromatic carbocycles. The summed E-state index contributed by atoms with van der Waals surface area (Å²) in [6.07, 6.45) is -3.40.